The molecule has 2 rings (SSSR count). The second-order valence-corrected chi connectivity index (χ2v) is 7.98. The number of rotatable bonds is 12. The van der Waals surface area contributed by atoms with E-state index in [2.05, 4.69) is 34.4 Å². The van der Waals surface area contributed by atoms with Gasteiger partial charge in [0.25, 0.3) is 0 Å². The molecule has 6 nitrogen and oxygen atoms in total. The van der Waals surface area contributed by atoms with Crippen LogP contribution in [0.15, 0.2) is 4.99 Å². The van der Waals surface area contributed by atoms with Crippen LogP contribution in [0.1, 0.15) is 58.8 Å². The molecule has 0 saturated carbocycles. The van der Waals surface area contributed by atoms with E-state index in [1.165, 1.54) is 51.7 Å². The number of hydrogen-bond acceptors (Lipinski definition) is 4. The molecule has 0 aromatic carbocycles. The van der Waals surface area contributed by atoms with Gasteiger partial charge in [0.2, 0.25) is 0 Å². The van der Waals surface area contributed by atoms with Crippen LogP contribution in [0.2, 0.25) is 0 Å². The zero-order valence-electron chi connectivity index (χ0n) is 17.7. The summed E-state index contributed by atoms with van der Waals surface area (Å²) in [6, 6.07) is 0. The van der Waals surface area contributed by atoms with E-state index in [9.17, 15) is 0 Å². The maximum atomic E-state index is 5.70. The summed E-state index contributed by atoms with van der Waals surface area (Å²) in [5.74, 6) is 1.85. The van der Waals surface area contributed by atoms with Crippen molar-refractivity contribution in [3.63, 3.8) is 0 Å². The van der Waals surface area contributed by atoms with Crippen LogP contribution in [-0.2, 0) is 9.47 Å². The number of ether oxygens (including phenoxy) is 2. The summed E-state index contributed by atoms with van der Waals surface area (Å²) in [6.45, 7) is 13.4. The standard InChI is InChI=1S/C21H42N4O2/c1-3-22-21(24-12-7-16-26-18-20-8-6-17-27-20)23-11-4-5-13-25-14-9-19(2)10-15-25/h19-20H,3-18H2,1-2H3,(H2,22,23,24). The van der Waals surface area contributed by atoms with Gasteiger partial charge in [-0.15, -0.1) is 0 Å². The van der Waals surface area contributed by atoms with Gasteiger partial charge in [-0.25, -0.2) is 0 Å². The highest BCUT2D eigenvalue weighted by atomic mass is 16.5. The van der Waals surface area contributed by atoms with E-state index in [1.54, 1.807) is 0 Å². The number of aliphatic imine (C=N–C) groups is 1. The normalized spacial score (nSPS) is 22.3. The van der Waals surface area contributed by atoms with E-state index in [0.717, 1.165) is 64.2 Å². The molecule has 0 aromatic heterocycles. The van der Waals surface area contributed by atoms with Gasteiger partial charge in [-0.1, -0.05) is 6.92 Å². The maximum Gasteiger partial charge on any atom is 0.191 e. The lowest BCUT2D eigenvalue weighted by molar-refractivity contribution is 0.0171. The number of piperidine rings is 1. The third-order valence-electron chi connectivity index (χ3n) is 5.46. The summed E-state index contributed by atoms with van der Waals surface area (Å²) in [4.78, 5) is 7.27. The van der Waals surface area contributed by atoms with Crippen LogP contribution < -0.4 is 10.6 Å². The molecular formula is C21H42N4O2. The van der Waals surface area contributed by atoms with E-state index >= 15 is 0 Å². The molecule has 2 aliphatic rings. The summed E-state index contributed by atoms with van der Waals surface area (Å²) in [5, 5.41) is 6.79. The van der Waals surface area contributed by atoms with Crippen molar-refractivity contribution in [3.8, 4) is 0 Å². The van der Waals surface area contributed by atoms with Gasteiger partial charge in [0.15, 0.2) is 5.96 Å². The Labute approximate surface area is 166 Å². The lowest BCUT2D eigenvalue weighted by Gasteiger charge is -2.30. The molecule has 0 spiro atoms. The molecule has 158 valence electrons. The van der Waals surface area contributed by atoms with E-state index in [4.69, 9.17) is 9.47 Å². The molecule has 0 radical (unpaired) electrons. The Morgan fingerprint density at radius 2 is 2.00 bits per heavy atom. The molecule has 2 aliphatic heterocycles. The summed E-state index contributed by atoms with van der Waals surface area (Å²) < 4.78 is 11.3. The number of hydrogen-bond donors (Lipinski definition) is 2. The molecule has 0 aliphatic carbocycles. The Hall–Kier alpha value is -0.850. The second-order valence-electron chi connectivity index (χ2n) is 7.98. The van der Waals surface area contributed by atoms with Gasteiger partial charge in [-0.3, -0.25) is 4.99 Å². The average molecular weight is 383 g/mol. The monoisotopic (exact) mass is 382 g/mol. The summed E-state index contributed by atoms with van der Waals surface area (Å²) >= 11 is 0. The lowest BCUT2D eigenvalue weighted by Crippen LogP contribution is -2.38. The first kappa shape index (κ1) is 22.4. The number of nitrogens with zero attached hydrogens (tertiary/aromatic N) is 2. The van der Waals surface area contributed by atoms with Crippen molar-refractivity contribution >= 4 is 5.96 Å². The first-order valence-corrected chi connectivity index (χ1v) is 11.2. The molecule has 0 amide bonds. The Morgan fingerprint density at radius 3 is 2.74 bits per heavy atom. The summed E-state index contributed by atoms with van der Waals surface area (Å²) in [7, 11) is 0. The predicted molar refractivity (Wildman–Crippen MR) is 112 cm³/mol. The van der Waals surface area contributed by atoms with Crippen molar-refractivity contribution in [3.05, 3.63) is 0 Å². The maximum absolute atomic E-state index is 5.70. The Bertz CT molecular complexity index is 392. The van der Waals surface area contributed by atoms with E-state index in [-0.39, 0.29) is 0 Å². The minimum absolute atomic E-state index is 0.320. The minimum atomic E-state index is 0.320. The van der Waals surface area contributed by atoms with Crippen LogP contribution in [0.3, 0.4) is 0 Å². The predicted octanol–water partition coefficient (Wildman–Crippen LogP) is 2.64. The molecule has 2 heterocycles. The van der Waals surface area contributed by atoms with Crippen LogP contribution in [0.5, 0.6) is 0 Å². The smallest absolute Gasteiger partial charge is 0.191 e. The van der Waals surface area contributed by atoms with Crippen LogP contribution >= 0.6 is 0 Å². The molecule has 2 fully saturated rings. The van der Waals surface area contributed by atoms with Gasteiger partial charge in [-0.05, 0) is 77.4 Å². The SMILES string of the molecule is CCNC(=NCCCOCC1CCCO1)NCCCCN1CCC(C)CC1. The molecular weight excluding hydrogens is 340 g/mol. The van der Waals surface area contributed by atoms with Crippen LogP contribution in [-0.4, -0.2) is 76.1 Å². The molecule has 0 aromatic rings. The largest absolute Gasteiger partial charge is 0.379 e. The highest BCUT2D eigenvalue weighted by Gasteiger charge is 2.15. The Kier molecular flexibility index (Phi) is 11.8. The molecule has 1 unspecified atom stereocenters. The number of nitrogens with one attached hydrogen (secondary N) is 2. The average Bonchev–Trinajstić information content (AvgIpc) is 3.19. The van der Waals surface area contributed by atoms with Crippen molar-refractivity contribution in [2.24, 2.45) is 10.9 Å². The number of guanidine groups is 1. The van der Waals surface area contributed by atoms with E-state index in [0.29, 0.717) is 6.10 Å². The molecule has 2 saturated heterocycles. The van der Waals surface area contributed by atoms with Crippen molar-refractivity contribution in [1.29, 1.82) is 0 Å². The number of likely N-dealkylation sites (tertiary alicyclic amines) is 1. The van der Waals surface area contributed by atoms with Gasteiger partial charge in [0.05, 0.1) is 12.7 Å². The fourth-order valence-electron chi connectivity index (χ4n) is 3.64. The topological polar surface area (TPSA) is 58.1 Å². The van der Waals surface area contributed by atoms with Crippen molar-refractivity contribution in [2.75, 3.05) is 59.1 Å². The van der Waals surface area contributed by atoms with Gasteiger partial charge in [-0.2, -0.15) is 0 Å². The highest BCUT2D eigenvalue weighted by molar-refractivity contribution is 5.79. The Balaban J connectivity index is 1.47. The van der Waals surface area contributed by atoms with Gasteiger partial charge in [0, 0.05) is 32.8 Å². The third kappa shape index (κ3) is 10.3. The lowest BCUT2D eigenvalue weighted by atomic mass is 9.99. The molecule has 1 atom stereocenters. The van der Waals surface area contributed by atoms with Crippen molar-refractivity contribution in [2.45, 2.75) is 64.9 Å². The van der Waals surface area contributed by atoms with Gasteiger partial charge in [0.1, 0.15) is 0 Å². The van der Waals surface area contributed by atoms with Gasteiger partial charge >= 0.3 is 0 Å². The van der Waals surface area contributed by atoms with E-state index < -0.39 is 0 Å². The quantitative estimate of drug-likeness (QED) is 0.309. The van der Waals surface area contributed by atoms with Gasteiger partial charge < -0.3 is 25.0 Å². The van der Waals surface area contributed by atoms with Crippen molar-refractivity contribution < 1.29 is 9.47 Å². The third-order valence-corrected chi connectivity index (χ3v) is 5.46. The number of unbranched alkanes of at least 4 members (excludes halogenated alkanes) is 1. The molecule has 2 N–H and O–H groups in total. The second kappa shape index (κ2) is 14.2. The highest BCUT2D eigenvalue weighted by Crippen LogP contribution is 2.16. The van der Waals surface area contributed by atoms with E-state index in [1.807, 2.05) is 0 Å². The zero-order valence-corrected chi connectivity index (χ0v) is 17.7. The molecule has 0 bridgehead atoms. The molecule has 27 heavy (non-hydrogen) atoms. The first-order chi connectivity index (χ1) is 13.3. The first-order valence-electron chi connectivity index (χ1n) is 11.2. The minimum Gasteiger partial charge on any atom is -0.379 e. The van der Waals surface area contributed by atoms with Crippen LogP contribution in [0.4, 0.5) is 0 Å². The van der Waals surface area contributed by atoms with Crippen LogP contribution in [0.25, 0.3) is 0 Å². The summed E-state index contributed by atoms with van der Waals surface area (Å²) in [6.07, 6.45) is 8.78. The fourth-order valence-corrected chi connectivity index (χ4v) is 3.64. The van der Waals surface area contributed by atoms with Crippen molar-refractivity contribution in [1.82, 2.24) is 15.5 Å². The zero-order chi connectivity index (χ0) is 19.2. The van der Waals surface area contributed by atoms with Crippen LogP contribution in [0, 0.1) is 5.92 Å². The molecule has 6 heteroatoms. The Morgan fingerprint density at radius 1 is 1.15 bits per heavy atom. The summed E-state index contributed by atoms with van der Waals surface area (Å²) in [5.41, 5.74) is 0. The fraction of sp³-hybridized carbons (Fsp3) is 0.952.